The van der Waals surface area contributed by atoms with Crippen LogP contribution in [0, 0.1) is 5.92 Å². The second-order valence-corrected chi connectivity index (χ2v) is 7.24. The van der Waals surface area contributed by atoms with E-state index in [0.717, 1.165) is 0 Å². The highest BCUT2D eigenvalue weighted by molar-refractivity contribution is 6.30. The van der Waals surface area contributed by atoms with Crippen LogP contribution < -0.4 is 0 Å². The number of carbonyl (C=O) groups is 3. The molecule has 0 aromatic carbocycles. The molecule has 0 radical (unpaired) electrons. The van der Waals surface area contributed by atoms with Gasteiger partial charge in [0.25, 0.3) is 12.4 Å². The largest absolute Gasteiger partial charge is 0.483 e. The van der Waals surface area contributed by atoms with Crippen LogP contribution >= 0.6 is 11.6 Å². The molecule has 11 heteroatoms. The molecule has 0 spiro atoms. The third-order valence-electron chi connectivity index (χ3n) is 4.86. The van der Waals surface area contributed by atoms with Crippen LogP contribution in [0.4, 0.5) is 0 Å². The first-order valence-corrected chi connectivity index (χ1v) is 9.87. The summed E-state index contributed by atoms with van der Waals surface area (Å²) in [5, 5.41) is 7.46. The Labute approximate surface area is 177 Å². The van der Waals surface area contributed by atoms with E-state index in [1.807, 2.05) is 0 Å². The zero-order valence-corrected chi connectivity index (χ0v) is 17.0. The van der Waals surface area contributed by atoms with Crippen molar-refractivity contribution in [2.45, 2.75) is 0 Å². The molecule has 0 bridgehead atoms. The maximum atomic E-state index is 13.0. The Morgan fingerprint density at radius 2 is 1.77 bits per heavy atom. The fourth-order valence-electron chi connectivity index (χ4n) is 3.42. The highest BCUT2D eigenvalue weighted by Gasteiger charge is 2.32. The number of carbonyl (C=O) groups excluding carboxylic acids is 2. The fourth-order valence-corrected chi connectivity index (χ4v) is 3.58. The molecule has 2 aliphatic rings. The lowest BCUT2D eigenvalue weighted by atomic mass is 10.1. The Hall–Kier alpha value is -2.69. The number of hydrogen-bond donors (Lipinski definition) is 1. The number of fused-ring (bicyclic) bond motifs is 1. The van der Waals surface area contributed by atoms with Gasteiger partial charge in [0.05, 0.1) is 37.4 Å². The summed E-state index contributed by atoms with van der Waals surface area (Å²) < 4.78 is 12.6. The van der Waals surface area contributed by atoms with Gasteiger partial charge in [-0.3, -0.25) is 14.4 Å². The lowest BCUT2D eigenvalue weighted by Crippen LogP contribution is -2.47. The van der Waals surface area contributed by atoms with Crippen LogP contribution in [0.3, 0.4) is 0 Å². The number of morpholine rings is 1. The molecule has 1 atom stereocenters. The van der Waals surface area contributed by atoms with Crippen molar-refractivity contribution in [2.75, 3.05) is 52.6 Å². The van der Waals surface area contributed by atoms with Gasteiger partial charge in [-0.2, -0.15) is 0 Å². The molecule has 0 saturated carbocycles. The van der Waals surface area contributed by atoms with Gasteiger partial charge < -0.3 is 28.8 Å². The zero-order valence-electron chi connectivity index (χ0n) is 16.3. The zero-order chi connectivity index (χ0) is 21.5. The minimum Gasteiger partial charge on any atom is -0.483 e. The van der Waals surface area contributed by atoms with Gasteiger partial charge in [0, 0.05) is 38.6 Å². The first-order valence-electron chi connectivity index (χ1n) is 9.49. The van der Waals surface area contributed by atoms with Crippen LogP contribution in [0.2, 0.25) is 5.02 Å². The quantitative estimate of drug-likeness (QED) is 0.684. The standard InChI is InChI=1S/C18H21ClN4O4.CH2O2/c19-14-1-2-16-20-15(11-23(16)10-14)18(25)22-5-8-27-12-13(9-22)17(24)21-3-6-26-7-4-21;2-1-3/h1-2,10-11,13H,3-9,12H2;1H,(H,2,3). The average molecular weight is 439 g/mol. The van der Waals surface area contributed by atoms with E-state index in [1.165, 1.54) is 0 Å². The Balaban J connectivity index is 0.000000806. The van der Waals surface area contributed by atoms with Gasteiger partial charge in [0.1, 0.15) is 11.3 Å². The Morgan fingerprint density at radius 1 is 1.10 bits per heavy atom. The topological polar surface area (TPSA) is 114 Å². The van der Waals surface area contributed by atoms with Crippen molar-refractivity contribution in [3.8, 4) is 0 Å². The normalized spacial score (nSPS) is 19.6. The number of amides is 2. The number of halogens is 1. The van der Waals surface area contributed by atoms with Crippen molar-refractivity contribution in [1.82, 2.24) is 19.2 Å². The summed E-state index contributed by atoms with van der Waals surface area (Å²) in [6, 6.07) is 3.49. The third kappa shape index (κ3) is 5.26. The van der Waals surface area contributed by atoms with Crippen LogP contribution in [0.5, 0.6) is 0 Å². The number of ether oxygens (including phenoxy) is 2. The van der Waals surface area contributed by atoms with Crippen molar-refractivity contribution in [2.24, 2.45) is 5.92 Å². The summed E-state index contributed by atoms with van der Waals surface area (Å²) in [5.41, 5.74) is 0.978. The molecule has 2 aromatic rings. The lowest BCUT2D eigenvalue weighted by Gasteiger charge is -2.31. The van der Waals surface area contributed by atoms with E-state index in [0.29, 0.717) is 69.0 Å². The first kappa shape index (κ1) is 22.0. The summed E-state index contributed by atoms with van der Waals surface area (Å²) in [7, 11) is 0. The van der Waals surface area contributed by atoms with Crippen LogP contribution in [0.25, 0.3) is 5.65 Å². The molecule has 2 fully saturated rings. The summed E-state index contributed by atoms with van der Waals surface area (Å²) in [4.78, 5) is 42.0. The van der Waals surface area contributed by atoms with Crippen molar-refractivity contribution in [1.29, 1.82) is 0 Å². The number of rotatable bonds is 2. The Morgan fingerprint density at radius 3 is 2.50 bits per heavy atom. The van der Waals surface area contributed by atoms with Gasteiger partial charge in [0.15, 0.2) is 0 Å². The van der Waals surface area contributed by atoms with Crippen molar-refractivity contribution < 1.29 is 29.0 Å². The van der Waals surface area contributed by atoms with Crippen molar-refractivity contribution in [3.05, 3.63) is 35.2 Å². The molecule has 4 heterocycles. The van der Waals surface area contributed by atoms with Gasteiger partial charge >= 0.3 is 0 Å². The Kier molecular flexibility index (Phi) is 7.61. The highest BCUT2D eigenvalue weighted by Crippen LogP contribution is 2.16. The summed E-state index contributed by atoms with van der Waals surface area (Å²) in [6.45, 7) is 3.48. The molecule has 0 aliphatic carbocycles. The summed E-state index contributed by atoms with van der Waals surface area (Å²) >= 11 is 5.99. The van der Waals surface area contributed by atoms with Gasteiger partial charge in [0.2, 0.25) is 5.91 Å². The van der Waals surface area contributed by atoms with Gasteiger partial charge in [-0.15, -0.1) is 0 Å². The molecule has 2 saturated heterocycles. The third-order valence-corrected chi connectivity index (χ3v) is 5.08. The van der Waals surface area contributed by atoms with Gasteiger partial charge in [-0.05, 0) is 12.1 Å². The van der Waals surface area contributed by atoms with Gasteiger partial charge in [-0.25, -0.2) is 4.98 Å². The van der Waals surface area contributed by atoms with Crippen LogP contribution in [-0.2, 0) is 19.1 Å². The molecule has 2 aliphatic heterocycles. The maximum Gasteiger partial charge on any atom is 0.290 e. The fraction of sp³-hybridized carbons (Fsp3) is 0.474. The second kappa shape index (κ2) is 10.4. The number of pyridine rings is 1. The Bertz CT molecular complexity index is 898. The number of hydrogen-bond acceptors (Lipinski definition) is 6. The number of imidazole rings is 1. The number of nitrogens with zero attached hydrogens (tertiary/aromatic N) is 4. The van der Waals surface area contributed by atoms with E-state index in [9.17, 15) is 9.59 Å². The SMILES string of the molecule is O=C(c1cn2cc(Cl)ccc2n1)N1CCOCC(C(=O)N2CCOCC2)C1.O=CO. The number of aromatic nitrogens is 2. The second-order valence-electron chi connectivity index (χ2n) is 6.81. The van der Waals surface area contributed by atoms with Crippen LogP contribution in [-0.4, -0.2) is 95.2 Å². The molecule has 30 heavy (non-hydrogen) atoms. The smallest absolute Gasteiger partial charge is 0.290 e. The molecule has 4 rings (SSSR count). The maximum absolute atomic E-state index is 13.0. The summed E-state index contributed by atoms with van der Waals surface area (Å²) in [6.07, 6.45) is 3.37. The van der Waals surface area contributed by atoms with E-state index in [-0.39, 0.29) is 24.2 Å². The molecule has 10 nitrogen and oxygen atoms in total. The molecule has 2 amide bonds. The molecule has 1 N–H and O–H groups in total. The minimum atomic E-state index is -0.374. The molecular formula is C19H23ClN4O6. The van der Waals surface area contributed by atoms with Crippen LogP contribution in [0.1, 0.15) is 10.5 Å². The van der Waals surface area contributed by atoms with E-state index < -0.39 is 0 Å². The molecular weight excluding hydrogens is 416 g/mol. The molecule has 162 valence electrons. The molecule has 2 aromatic heterocycles. The van der Waals surface area contributed by atoms with E-state index in [2.05, 4.69) is 4.98 Å². The van der Waals surface area contributed by atoms with E-state index in [1.54, 1.807) is 38.7 Å². The van der Waals surface area contributed by atoms with Crippen molar-refractivity contribution in [3.63, 3.8) is 0 Å². The minimum absolute atomic E-state index is 0.0137. The summed E-state index contributed by atoms with van der Waals surface area (Å²) in [5.74, 6) is -0.569. The highest BCUT2D eigenvalue weighted by atomic mass is 35.5. The average Bonchev–Trinajstić information content (AvgIpc) is 3.01. The monoisotopic (exact) mass is 438 g/mol. The van der Waals surface area contributed by atoms with Crippen LogP contribution in [0.15, 0.2) is 24.5 Å². The predicted molar refractivity (Wildman–Crippen MR) is 107 cm³/mol. The first-order chi connectivity index (χ1) is 14.5. The molecule has 1 unspecified atom stereocenters. The van der Waals surface area contributed by atoms with Crippen molar-refractivity contribution >= 4 is 35.5 Å². The number of carboxylic acid groups (broad SMARTS) is 1. The lowest BCUT2D eigenvalue weighted by molar-refractivity contribution is -0.141. The van der Waals surface area contributed by atoms with Gasteiger partial charge in [-0.1, -0.05) is 11.6 Å². The van der Waals surface area contributed by atoms with E-state index in [4.69, 9.17) is 31.0 Å². The predicted octanol–water partition coefficient (Wildman–Crippen LogP) is 0.636. The van der Waals surface area contributed by atoms with E-state index >= 15 is 0 Å².